The fourth-order valence-electron chi connectivity index (χ4n) is 3.29. The summed E-state index contributed by atoms with van der Waals surface area (Å²) in [5.41, 5.74) is 2.06. The SMILES string of the molecule is CN(C)c1ccc(N2CCN(S(=O)(=O)Cc3ccccc3)CC2)c([N+](=O)[O-])c1. The van der Waals surface area contributed by atoms with Gasteiger partial charge in [-0.1, -0.05) is 30.3 Å². The third kappa shape index (κ3) is 4.42. The number of rotatable bonds is 6. The van der Waals surface area contributed by atoms with Gasteiger partial charge in [-0.3, -0.25) is 10.1 Å². The van der Waals surface area contributed by atoms with E-state index in [2.05, 4.69) is 0 Å². The van der Waals surface area contributed by atoms with Gasteiger partial charge in [0, 0.05) is 52.0 Å². The van der Waals surface area contributed by atoms with Gasteiger partial charge in [0.2, 0.25) is 10.0 Å². The molecule has 1 fully saturated rings. The number of nitrogens with zero attached hydrogens (tertiary/aromatic N) is 4. The maximum atomic E-state index is 12.7. The highest BCUT2D eigenvalue weighted by Crippen LogP contribution is 2.33. The number of hydrogen-bond acceptors (Lipinski definition) is 6. The normalized spacial score (nSPS) is 15.4. The Morgan fingerprint density at radius 2 is 1.68 bits per heavy atom. The number of nitro groups is 1. The molecule has 0 atom stereocenters. The molecule has 150 valence electrons. The molecule has 3 rings (SSSR count). The molecule has 1 aliphatic heterocycles. The van der Waals surface area contributed by atoms with Crippen molar-refractivity contribution < 1.29 is 13.3 Å². The van der Waals surface area contributed by atoms with Gasteiger partial charge in [-0.15, -0.1) is 0 Å². The second-order valence-electron chi connectivity index (χ2n) is 6.95. The van der Waals surface area contributed by atoms with Crippen molar-refractivity contribution in [2.75, 3.05) is 50.1 Å². The molecule has 0 bridgehead atoms. The highest BCUT2D eigenvalue weighted by molar-refractivity contribution is 7.88. The standard InChI is InChI=1S/C19H24N4O4S/c1-20(2)17-8-9-18(19(14-17)23(24)25)21-10-12-22(13-11-21)28(26,27)15-16-6-4-3-5-7-16/h3-9,14H,10-13,15H2,1-2H3. The third-order valence-corrected chi connectivity index (χ3v) is 6.69. The van der Waals surface area contributed by atoms with Crippen LogP contribution in [0.5, 0.6) is 0 Å². The molecule has 0 N–H and O–H groups in total. The van der Waals surface area contributed by atoms with Crippen LogP contribution in [0.4, 0.5) is 17.1 Å². The van der Waals surface area contributed by atoms with Gasteiger partial charge < -0.3 is 9.80 Å². The molecule has 1 saturated heterocycles. The predicted molar refractivity (Wildman–Crippen MR) is 110 cm³/mol. The molecule has 2 aromatic rings. The van der Waals surface area contributed by atoms with Gasteiger partial charge in [0.05, 0.1) is 10.7 Å². The van der Waals surface area contributed by atoms with Crippen molar-refractivity contribution >= 4 is 27.1 Å². The maximum Gasteiger partial charge on any atom is 0.294 e. The van der Waals surface area contributed by atoms with Crippen LogP contribution in [-0.4, -0.2) is 57.9 Å². The number of piperazine rings is 1. The first-order valence-electron chi connectivity index (χ1n) is 9.00. The maximum absolute atomic E-state index is 12.7. The molecule has 1 aliphatic rings. The highest BCUT2D eigenvalue weighted by atomic mass is 32.2. The lowest BCUT2D eigenvalue weighted by Gasteiger charge is -2.35. The van der Waals surface area contributed by atoms with E-state index < -0.39 is 10.0 Å². The van der Waals surface area contributed by atoms with Crippen LogP contribution in [-0.2, 0) is 15.8 Å². The summed E-state index contributed by atoms with van der Waals surface area (Å²) in [7, 11) is 0.237. The highest BCUT2D eigenvalue weighted by Gasteiger charge is 2.29. The average molecular weight is 404 g/mol. The number of sulfonamides is 1. The Morgan fingerprint density at radius 1 is 1.04 bits per heavy atom. The van der Waals surface area contributed by atoms with E-state index in [0.717, 1.165) is 11.3 Å². The molecule has 28 heavy (non-hydrogen) atoms. The Hall–Kier alpha value is -2.65. The van der Waals surface area contributed by atoms with Crippen molar-refractivity contribution in [3.63, 3.8) is 0 Å². The molecule has 2 aromatic carbocycles. The molecule has 0 aromatic heterocycles. The largest absolute Gasteiger partial charge is 0.377 e. The van der Waals surface area contributed by atoms with Gasteiger partial charge in [0.1, 0.15) is 5.69 Å². The lowest BCUT2D eigenvalue weighted by molar-refractivity contribution is -0.384. The van der Waals surface area contributed by atoms with Crippen LogP contribution in [0.25, 0.3) is 0 Å². The minimum absolute atomic E-state index is 0.0341. The topological polar surface area (TPSA) is 87.0 Å². The van der Waals surface area contributed by atoms with Gasteiger partial charge >= 0.3 is 0 Å². The summed E-state index contributed by atoms with van der Waals surface area (Å²) in [6.07, 6.45) is 0. The lowest BCUT2D eigenvalue weighted by atomic mass is 10.2. The summed E-state index contributed by atoms with van der Waals surface area (Å²) in [4.78, 5) is 14.8. The molecule has 9 heteroatoms. The quantitative estimate of drug-likeness (QED) is 0.542. The second kappa shape index (κ2) is 8.15. The zero-order valence-corrected chi connectivity index (χ0v) is 16.8. The van der Waals surface area contributed by atoms with Crippen molar-refractivity contribution in [3.05, 3.63) is 64.2 Å². The van der Waals surface area contributed by atoms with E-state index in [9.17, 15) is 18.5 Å². The van der Waals surface area contributed by atoms with Crippen molar-refractivity contribution in [2.24, 2.45) is 0 Å². The Kier molecular flexibility index (Phi) is 5.85. The number of hydrogen-bond donors (Lipinski definition) is 0. The molecule has 0 aliphatic carbocycles. The number of anilines is 2. The summed E-state index contributed by atoms with van der Waals surface area (Å²) in [5, 5.41) is 11.5. The van der Waals surface area contributed by atoms with Crippen LogP contribution in [0.15, 0.2) is 48.5 Å². The minimum atomic E-state index is -3.42. The van der Waals surface area contributed by atoms with E-state index in [1.165, 1.54) is 4.31 Å². The van der Waals surface area contributed by atoms with E-state index in [1.807, 2.05) is 48.2 Å². The van der Waals surface area contributed by atoms with Crippen molar-refractivity contribution in [3.8, 4) is 0 Å². The van der Waals surface area contributed by atoms with Crippen LogP contribution < -0.4 is 9.80 Å². The lowest BCUT2D eigenvalue weighted by Crippen LogP contribution is -2.49. The summed E-state index contributed by atoms with van der Waals surface area (Å²) in [6, 6.07) is 14.2. The van der Waals surface area contributed by atoms with Gasteiger partial charge in [0.15, 0.2) is 0 Å². The van der Waals surface area contributed by atoms with Gasteiger partial charge in [-0.25, -0.2) is 8.42 Å². The molecule has 8 nitrogen and oxygen atoms in total. The first-order chi connectivity index (χ1) is 13.3. The fraction of sp³-hybridized carbons (Fsp3) is 0.368. The first kappa shape index (κ1) is 20.1. The molecule has 0 spiro atoms. The monoisotopic (exact) mass is 404 g/mol. The van der Waals surface area contributed by atoms with Crippen LogP contribution >= 0.6 is 0 Å². The van der Waals surface area contributed by atoms with Crippen LogP contribution in [0.3, 0.4) is 0 Å². The smallest absolute Gasteiger partial charge is 0.294 e. The Bertz CT molecular complexity index is 940. The average Bonchev–Trinajstić information content (AvgIpc) is 2.68. The summed E-state index contributed by atoms with van der Waals surface area (Å²) in [6.45, 7) is 1.44. The van der Waals surface area contributed by atoms with Crippen molar-refractivity contribution in [1.82, 2.24) is 4.31 Å². The van der Waals surface area contributed by atoms with Crippen molar-refractivity contribution in [1.29, 1.82) is 0 Å². The van der Waals surface area contributed by atoms with Gasteiger partial charge in [0.25, 0.3) is 5.69 Å². The molecule has 0 radical (unpaired) electrons. The zero-order chi connectivity index (χ0) is 20.3. The van der Waals surface area contributed by atoms with E-state index in [-0.39, 0.29) is 16.4 Å². The summed E-state index contributed by atoms with van der Waals surface area (Å²) >= 11 is 0. The Labute approximate surface area is 165 Å². The Morgan fingerprint density at radius 3 is 2.25 bits per heavy atom. The Balaban J connectivity index is 1.72. The first-order valence-corrected chi connectivity index (χ1v) is 10.6. The van der Waals surface area contributed by atoms with Gasteiger partial charge in [-0.05, 0) is 17.7 Å². The molecule has 0 amide bonds. The van der Waals surface area contributed by atoms with Gasteiger partial charge in [-0.2, -0.15) is 4.31 Å². The number of nitro benzene ring substituents is 1. The van der Waals surface area contributed by atoms with Crippen LogP contribution in [0, 0.1) is 10.1 Å². The molecular formula is C19H24N4O4S. The second-order valence-corrected chi connectivity index (χ2v) is 8.92. The molecule has 0 unspecified atom stereocenters. The van der Waals surface area contributed by atoms with E-state index in [1.54, 1.807) is 24.3 Å². The molecule has 0 saturated carbocycles. The van der Waals surface area contributed by atoms with Crippen molar-refractivity contribution in [2.45, 2.75) is 5.75 Å². The third-order valence-electron chi connectivity index (χ3n) is 4.84. The molecular weight excluding hydrogens is 380 g/mol. The van der Waals surface area contributed by atoms with E-state index in [4.69, 9.17) is 0 Å². The number of benzene rings is 2. The van der Waals surface area contributed by atoms with Crippen LogP contribution in [0.2, 0.25) is 0 Å². The zero-order valence-electron chi connectivity index (χ0n) is 16.0. The van der Waals surface area contributed by atoms with E-state index >= 15 is 0 Å². The van der Waals surface area contributed by atoms with E-state index in [0.29, 0.717) is 31.9 Å². The summed E-state index contributed by atoms with van der Waals surface area (Å²) < 4.78 is 26.8. The van der Waals surface area contributed by atoms with Crippen LogP contribution in [0.1, 0.15) is 5.56 Å². The predicted octanol–water partition coefficient (Wildman–Crippen LogP) is 2.31. The summed E-state index contributed by atoms with van der Waals surface area (Å²) in [5.74, 6) is -0.0362. The fourth-order valence-corrected chi connectivity index (χ4v) is 4.80. The molecule has 1 heterocycles. The minimum Gasteiger partial charge on any atom is -0.377 e.